The first-order valence-electron chi connectivity index (χ1n) is 11.3. The summed E-state index contributed by atoms with van der Waals surface area (Å²) in [5.41, 5.74) is 0.481. The van der Waals surface area contributed by atoms with Gasteiger partial charge in [0.1, 0.15) is 28.1 Å². The highest BCUT2D eigenvalue weighted by Gasteiger charge is 2.34. The Hall–Kier alpha value is -2.72. The molecular formula is C25H26Cl2N2O6S. The molecule has 1 atom stereocenters. The molecule has 0 amide bonds. The van der Waals surface area contributed by atoms with E-state index in [9.17, 15) is 13.2 Å². The van der Waals surface area contributed by atoms with Crippen molar-refractivity contribution in [2.45, 2.75) is 31.3 Å². The first kappa shape index (κ1) is 26.3. The summed E-state index contributed by atoms with van der Waals surface area (Å²) in [6, 6.07) is 11.0. The fourth-order valence-corrected chi connectivity index (χ4v) is 5.77. The summed E-state index contributed by atoms with van der Waals surface area (Å²) in [7, 11) is -2.32. The zero-order valence-electron chi connectivity index (χ0n) is 20.0. The SMILES string of the molecule is CCOC(=O)c1c(C)oc(-c2ccc(Cl)cc2)c1S(=O)(=O)Nc1ccc(Cl)c(OC2CCN(C)C2)c1. The molecule has 0 radical (unpaired) electrons. The van der Waals surface area contributed by atoms with E-state index in [2.05, 4.69) is 9.62 Å². The summed E-state index contributed by atoms with van der Waals surface area (Å²) < 4.78 is 46.9. The van der Waals surface area contributed by atoms with Crippen molar-refractivity contribution in [3.05, 3.63) is 63.8 Å². The molecule has 1 N–H and O–H groups in total. The molecule has 11 heteroatoms. The highest BCUT2D eigenvalue weighted by Crippen LogP contribution is 2.38. The molecule has 4 rings (SSSR count). The van der Waals surface area contributed by atoms with E-state index in [1.807, 2.05) is 7.05 Å². The van der Waals surface area contributed by atoms with Gasteiger partial charge in [-0.15, -0.1) is 0 Å². The number of nitrogens with one attached hydrogen (secondary N) is 1. The second-order valence-corrected chi connectivity index (χ2v) is 10.9. The molecular weight excluding hydrogens is 527 g/mol. The number of esters is 1. The van der Waals surface area contributed by atoms with Crippen LogP contribution in [0.1, 0.15) is 29.5 Å². The lowest BCUT2D eigenvalue weighted by molar-refractivity contribution is 0.0520. The van der Waals surface area contributed by atoms with Crippen LogP contribution in [0.4, 0.5) is 5.69 Å². The van der Waals surface area contributed by atoms with Crippen molar-refractivity contribution in [1.29, 1.82) is 0 Å². The van der Waals surface area contributed by atoms with E-state index in [0.29, 0.717) is 21.4 Å². The molecule has 3 aromatic rings. The van der Waals surface area contributed by atoms with Gasteiger partial charge in [0.15, 0.2) is 5.76 Å². The third-order valence-electron chi connectivity index (χ3n) is 5.72. The summed E-state index contributed by atoms with van der Waals surface area (Å²) in [4.78, 5) is 14.6. The number of hydrogen-bond donors (Lipinski definition) is 1. The Bertz CT molecular complexity index is 1370. The predicted molar refractivity (Wildman–Crippen MR) is 139 cm³/mol. The number of aryl methyl sites for hydroxylation is 1. The molecule has 2 aromatic carbocycles. The molecule has 1 aliphatic rings. The normalized spacial score (nSPS) is 16.2. The smallest absolute Gasteiger partial charge is 0.343 e. The third kappa shape index (κ3) is 5.64. The molecule has 2 heterocycles. The number of benzene rings is 2. The van der Waals surface area contributed by atoms with Crippen LogP contribution in [0.5, 0.6) is 5.75 Å². The fourth-order valence-electron chi connectivity index (χ4n) is 4.04. The maximum absolute atomic E-state index is 13.7. The minimum absolute atomic E-state index is 0.000787. The Balaban J connectivity index is 1.74. The topological polar surface area (TPSA) is 98.1 Å². The Kier molecular flexibility index (Phi) is 7.85. The number of anilines is 1. The quantitative estimate of drug-likeness (QED) is 0.362. The van der Waals surface area contributed by atoms with Gasteiger partial charge in [0.05, 0.1) is 17.3 Å². The van der Waals surface area contributed by atoms with Crippen LogP contribution in [-0.4, -0.2) is 52.1 Å². The Labute approximate surface area is 220 Å². The first-order chi connectivity index (χ1) is 17.1. The van der Waals surface area contributed by atoms with Crippen LogP contribution in [0.15, 0.2) is 51.8 Å². The first-order valence-corrected chi connectivity index (χ1v) is 13.6. The number of halogens is 2. The van der Waals surface area contributed by atoms with Gasteiger partial charge in [-0.3, -0.25) is 4.72 Å². The Morgan fingerprint density at radius 3 is 2.56 bits per heavy atom. The summed E-state index contributed by atoms with van der Waals surface area (Å²) in [5.74, 6) is -0.322. The van der Waals surface area contributed by atoms with Crippen LogP contribution in [0.25, 0.3) is 11.3 Å². The Morgan fingerprint density at radius 2 is 1.92 bits per heavy atom. The number of furan rings is 1. The molecule has 0 saturated carbocycles. The van der Waals surface area contributed by atoms with Crippen molar-refractivity contribution in [3.63, 3.8) is 0 Å². The second kappa shape index (κ2) is 10.7. The van der Waals surface area contributed by atoms with Crippen molar-refractivity contribution < 1.29 is 27.1 Å². The Morgan fingerprint density at radius 1 is 1.19 bits per heavy atom. The summed E-state index contributed by atoms with van der Waals surface area (Å²) in [6.07, 6.45) is 0.785. The number of ether oxygens (including phenoxy) is 2. The van der Waals surface area contributed by atoms with Gasteiger partial charge < -0.3 is 18.8 Å². The molecule has 0 aliphatic carbocycles. The van der Waals surface area contributed by atoms with Crippen LogP contribution in [-0.2, 0) is 14.8 Å². The van der Waals surface area contributed by atoms with E-state index in [4.69, 9.17) is 37.1 Å². The number of likely N-dealkylation sites (tertiary alicyclic amines) is 1. The monoisotopic (exact) mass is 552 g/mol. The fraction of sp³-hybridized carbons (Fsp3) is 0.320. The second-order valence-electron chi connectivity index (χ2n) is 8.46. The number of nitrogens with zero attached hydrogens (tertiary/aromatic N) is 1. The van der Waals surface area contributed by atoms with Crippen LogP contribution in [0.3, 0.4) is 0 Å². The van der Waals surface area contributed by atoms with Gasteiger partial charge in [0.2, 0.25) is 0 Å². The van der Waals surface area contributed by atoms with Crippen molar-refractivity contribution in [2.24, 2.45) is 0 Å². The van der Waals surface area contributed by atoms with Gasteiger partial charge in [-0.2, -0.15) is 0 Å². The van der Waals surface area contributed by atoms with Gasteiger partial charge in [0, 0.05) is 29.7 Å². The largest absolute Gasteiger partial charge is 0.487 e. The van der Waals surface area contributed by atoms with Gasteiger partial charge in [-0.05, 0) is 63.7 Å². The van der Waals surface area contributed by atoms with Gasteiger partial charge in [-0.1, -0.05) is 23.2 Å². The number of carbonyl (C=O) groups excluding carboxylic acids is 1. The van der Waals surface area contributed by atoms with Gasteiger partial charge in [-0.25, -0.2) is 13.2 Å². The van der Waals surface area contributed by atoms with E-state index < -0.39 is 16.0 Å². The van der Waals surface area contributed by atoms with Crippen LogP contribution in [0, 0.1) is 6.92 Å². The highest BCUT2D eigenvalue weighted by atomic mass is 35.5. The lowest BCUT2D eigenvalue weighted by Crippen LogP contribution is -2.21. The van der Waals surface area contributed by atoms with E-state index in [-0.39, 0.29) is 40.4 Å². The molecule has 36 heavy (non-hydrogen) atoms. The molecule has 1 fully saturated rings. The number of hydrogen-bond acceptors (Lipinski definition) is 7. The molecule has 1 aromatic heterocycles. The minimum Gasteiger partial charge on any atom is -0.487 e. The molecule has 1 saturated heterocycles. The van der Waals surface area contributed by atoms with Gasteiger partial charge >= 0.3 is 5.97 Å². The summed E-state index contributed by atoms with van der Waals surface area (Å²) >= 11 is 12.3. The predicted octanol–water partition coefficient (Wildman–Crippen LogP) is 5.62. The molecule has 1 aliphatic heterocycles. The summed E-state index contributed by atoms with van der Waals surface area (Å²) in [6.45, 7) is 4.86. The van der Waals surface area contributed by atoms with Crippen molar-refractivity contribution in [3.8, 4) is 17.1 Å². The van der Waals surface area contributed by atoms with Crippen LogP contribution < -0.4 is 9.46 Å². The van der Waals surface area contributed by atoms with Crippen molar-refractivity contribution in [1.82, 2.24) is 4.90 Å². The average Bonchev–Trinajstić information content (AvgIpc) is 3.39. The number of rotatable bonds is 8. The maximum Gasteiger partial charge on any atom is 0.343 e. The van der Waals surface area contributed by atoms with Crippen LogP contribution >= 0.6 is 23.2 Å². The van der Waals surface area contributed by atoms with E-state index in [1.165, 1.54) is 19.1 Å². The number of likely N-dealkylation sites (N-methyl/N-ethyl adjacent to an activating group) is 1. The lowest BCUT2D eigenvalue weighted by Gasteiger charge is -2.16. The molecule has 0 spiro atoms. The molecule has 0 bridgehead atoms. The van der Waals surface area contributed by atoms with Crippen molar-refractivity contribution in [2.75, 3.05) is 31.5 Å². The standard InChI is InChI=1S/C25H26Cl2N2O6S/c1-4-33-25(30)22-15(2)34-23(16-5-7-17(26)8-6-16)24(22)36(31,32)28-18-9-10-20(27)21(13-18)35-19-11-12-29(3)14-19/h5-10,13,19,28H,4,11-12,14H2,1-3H3. The number of sulfonamides is 1. The lowest BCUT2D eigenvalue weighted by atomic mass is 10.1. The van der Waals surface area contributed by atoms with E-state index in [1.54, 1.807) is 37.3 Å². The van der Waals surface area contributed by atoms with Crippen molar-refractivity contribution >= 4 is 44.9 Å². The zero-order valence-corrected chi connectivity index (χ0v) is 22.3. The molecule has 1 unspecified atom stereocenters. The average molecular weight is 553 g/mol. The van der Waals surface area contributed by atoms with E-state index in [0.717, 1.165) is 19.5 Å². The number of carbonyl (C=O) groups is 1. The van der Waals surface area contributed by atoms with Crippen LogP contribution in [0.2, 0.25) is 10.0 Å². The zero-order chi connectivity index (χ0) is 26.0. The molecule has 8 nitrogen and oxygen atoms in total. The van der Waals surface area contributed by atoms with Gasteiger partial charge in [0.25, 0.3) is 10.0 Å². The maximum atomic E-state index is 13.7. The van der Waals surface area contributed by atoms with E-state index >= 15 is 0 Å². The molecule has 192 valence electrons. The third-order valence-corrected chi connectivity index (χ3v) is 7.72. The highest BCUT2D eigenvalue weighted by molar-refractivity contribution is 7.93. The minimum atomic E-state index is -4.33. The summed E-state index contributed by atoms with van der Waals surface area (Å²) in [5, 5.41) is 0.832.